The molecule has 0 fully saturated rings. The van der Waals surface area contributed by atoms with E-state index in [1.165, 1.54) is 6.07 Å². The van der Waals surface area contributed by atoms with E-state index in [4.69, 9.17) is 5.73 Å². The van der Waals surface area contributed by atoms with Crippen molar-refractivity contribution in [2.45, 2.75) is 0 Å². The Hall–Kier alpha value is -2.14. The van der Waals surface area contributed by atoms with Gasteiger partial charge in [-0.15, -0.1) is 6.58 Å². The summed E-state index contributed by atoms with van der Waals surface area (Å²) in [6.45, 7) is 4.28. The Bertz CT molecular complexity index is 430. The molecule has 0 unspecified atom stereocenters. The number of rotatable bonds is 6. The predicted molar refractivity (Wildman–Crippen MR) is 66.7 cm³/mol. The number of nitrogens with one attached hydrogen (secondary N) is 2. The first-order chi connectivity index (χ1) is 8.13. The zero-order valence-corrected chi connectivity index (χ0v) is 9.40. The molecule has 0 aromatic heterocycles. The minimum absolute atomic E-state index is 0.187. The van der Waals surface area contributed by atoms with Crippen LogP contribution in [-0.4, -0.2) is 24.9 Å². The number of carbonyl (C=O) groups is 2. The van der Waals surface area contributed by atoms with Gasteiger partial charge in [-0.3, -0.25) is 9.59 Å². The fourth-order valence-corrected chi connectivity index (χ4v) is 1.24. The van der Waals surface area contributed by atoms with E-state index in [1.54, 1.807) is 24.3 Å². The number of anilines is 1. The van der Waals surface area contributed by atoms with Gasteiger partial charge in [0.05, 0.1) is 6.54 Å². The molecule has 1 aromatic carbocycles. The first-order valence-corrected chi connectivity index (χ1v) is 5.15. The van der Waals surface area contributed by atoms with Gasteiger partial charge in [0.2, 0.25) is 11.8 Å². The summed E-state index contributed by atoms with van der Waals surface area (Å²) in [4.78, 5) is 22.4. The summed E-state index contributed by atoms with van der Waals surface area (Å²) in [6.07, 6.45) is 1.67. The molecule has 0 spiro atoms. The molecule has 0 heterocycles. The molecular weight excluding hydrogens is 218 g/mol. The summed E-state index contributed by atoms with van der Waals surface area (Å²) in [5.74, 6) is -0.709. The highest BCUT2D eigenvalue weighted by Crippen LogP contribution is 2.09. The highest BCUT2D eigenvalue weighted by molar-refractivity contribution is 5.96. The Kier molecular flexibility index (Phi) is 4.90. The Labute approximate surface area is 99.7 Å². The summed E-state index contributed by atoms with van der Waals surface area (Å²) in [5, 5.41) is 5.52. The van der Waals surface area contributed by atoms with Gasteiger partial charge in [0.1, 0.15) is 0 Å². The van der Waals surface area contributed by atoms with Crippen LogP contribution in [0.4, 0.5) is 5.69 Å². The molecule has 0 aliphatic heterocycles. The van der Waals surface area contributed by atoms with Crippen LogP contribution in [0.5, 0.6) is 0 Å². The SMILES string of the molecule is C=CCNCC(=O)Nc1cccc(C(N)=O)c1. The summed E-state index contributed by atoms with van der Waals surface area (Å²) >= 11 is 0. The summed E-state index contributed by atoms with van der Waals surface area (Å²) in [6, 6.07) is 6.48. The number of amides is 2. The normalized spacial score (nSPS) is 9.65. The predicted octanol–water partition coefficient (Wildman–Crippen LogP) is 0.500. The first kappa shape index (κ1) is 12.9. The van der Waals surface area contributed by atoms with Crippen molar-refractivity contribution in [3.05, 3.63) is 42.5 Å². The topological polar surface area (TPSA) is 84.2 Å². The molecule has 0 aliphatic rings. The molecule has 0 saturated heterocycles. The maximum absolute atomic E-state index is 11.4. The summed E-state index contributed by atoms with van der Waals surface area (Å²) < 4.78 is 0. The van der Waals surface area contributed by atoms with E-state index in [9.17, 15) is 9.59 Å². The quantitative estimate of drug-likeness (QED) is 0.494. The average molecular weight is 233 g/mol. The molecule has 0 atom stereocenters. The Balaban J connectivity index is 2.56. The third-order valence-electron chi connectivity index (χ3n) is 2.01. The van der Waals surface area contributed by atoms with E-state index >= 15 is 0 Å². The number of hydrogen-bond acceptors (Lipinski definition) is 3. The Morgan fingerprint density at radius 1 is 1.41 bits per heavy atom. The van der Waals surface area contributed by atoms with Crippen molar-refractivity contribution in [1.29, 1.82) is 0 Å². The molecule has 0 aliphatic carbocycles. The van der Waals surface area contributed by atoms with Crippen LogP contribution in [0.1, 0.15) is 10.4 Å². The van der Waals surface area contributed by atoms with Crippen molar-refractivity contribution >= 4 is 17.5 Å². The van der Waals surface area contributed by atoms with Gasteiger partial charge >= 0.3 is 0 Å². The molecule has 0 saturated carbocycles. The van der Waals surface area contributed by atoms with Gasteiger partial charge in [-0.2, -0.15) is 0 Å². The van der Waals surface area contributed by atoms with Crippen LogP contribution < -0.4 is 16.4 Å². The first-order valence-electron chi connectivity index (χ1n) is 5.15. The third-order valence-corrected chi connectivity index (χ3v) is 2.01. The minimum atomic E-state index is -0.522. The second-order valence-corrected chi connectivity index (χ2v) is 3.41. The van der Waals surface area contributed by atoms with Crippen molar-refractivity contribution in [3.8, 4) is 0 Å². The standard InChI is InChI=1S/C12H15N3O2/c1-2-6-14-8-11(16)15-10-5-3-4-9(7-10)12(13)17/h2-5,7,14H,1,6,8H2,(H2,13,17)(H,15,16). The van der Waals surface area contributed by atoms with E-state index in [2.05, 4.69) is 17.2 Å². The van der Waals surface area contributed by atoms with Crippen molar-refractivity contribution < 1.29 is 9.59 Å². The second kappa shape index (κ2) is 6.44. The highest BCUT2D eigenvalue weighted by atomic mass is 16.2. The zero-order chi connectivity index (χ0) is 12.7. The van der Waals surface area contributed by atoms with Gasteiger partial charge in [0.15, 0.2) is 0 Å². The maximum Gasteiger partial charge on any atom is 0.248 e. The van der Waals surface area contributed by atoms with E-state index in [0.29, 0.717) is 17.8 Å². The van der Waals surface area contributed by atoms with Crippen LogP contribution in [-0.2, 0) is 4.79 Å². The lowest BCUT2D eigenvalue weighted by Crippen LogP contribution is -2.28. The van der Waals surface area contributed by atoms with Gasteiger partial charge in [0, 0.05) is 17.8 Å². The fraction of sp³-hybridized carbons (Fsp3) is 0.167. The summed E-state index contributed by atoms with van der Waals surface area (Å²) in [5.41, 5.74) is 6.05. The summed E-state index contributed by atoms with van der Waals surface area (Å²) in [7, 11) is 0. The van der Waals surface area contributed by atoms with Crippen molar-refractivity contribution in [2.24, 2.45) is 5.73 Å². The van der Waals surface area contributed by atoms with Crippen LogP contribution in [0.15, 0.2) is 36.9 Å². The molecule has 5 heteroatoms. The van der Waals surface area contributed by atoms with Crippen LogP contribution in [0.25, 0.3) is 0 Å². The van der Waals surface area contributed by atoms with Gasteiger partial charge in [-0.25, -0.2) is 0 Å². The lowest BCUT2D eigenvalue weighted by atomic mass is 10.2. The number of primary amides is 1. The fourth-order valence-electron chi connectivity index (χ4n) is 1.24. The minimum Gasteiger partial charge on any atom is -0.366 e. The highest BCUT2D eigenvalue weighted by Gasteiger charge is 2.04. The number of benzene rings is 1. The van der Waals surface area contributed by atoms with Gasteiger partial charge in [-0.1, -0.05) is 12.1 Å². The molecule has 4 N–H and O–H groups in total. The molecule has 1 rings (SSSR count). The van der Waals surface area contributed by atoms with Crippen molar-refractivity contribution in [3.63, 3.8) is 0 Å². The zero-order valence-electron chi connectivity index (χ0n) is 9.40. The molecule has 17 heavy (non-hydrogen) atoms. The van der Waals surface area contributed by atoms with Crippen LogP contribution >= 0.6 is 0 Å². The molecule has 1 aromatic rings. The van der Waals surface area contributed by atoms with Crippen molar-refractivity contribution in [2.75, 3.05) is 18.4 Å². The van der Waals surface area contributed by atoms with E-state index in [-0.39, 0.29) is 12.5 Å². The lowest BCUT2D eigenvalue weighted by molar-refractivity contribution is -0.115. The molecular formula is C12H15N3O2. The Morgan fingerprint density at radius 2 is 2.18 bits per heavy atom. The molecule has 0 radical (unpaired) electrons. The third kappa shape index (κ3) is 4.48. The van der Waals surface area contributed by atoms with Gasteiger partial charge < -0.3 is 16.4 Å². The number of nitrogens with two attached hydrogens (primary N) is 1. The van der Waals surface area contributed by atoms with Gasteiger partial charge in [0.25, 0.3) is 0 Å². The molecule has 5 nitrogen and oxygen atoms in total. The smallest absolute Gasteiger partial charge is 0.248 e. The van der Waals surface area contributed by atoms with E-state index < -0.39 is 5.91 Å². The monoisotopic (exact) mass is 233 g/mol. The van der Waals surface area contributed by atoms with Crippen LogP contribution in [0.3, 0.4) is 0 Å². The maximum atomic E-state index is 11.4. The molecule has 0 bridgehead atoms. The van der Waals surface area contributed by atoms with Gasteiger partial charge in [-0.05, 0) is 18.2 Å². The largest absolute Gasteiger partial charge is 0.366 e. The number of hydrogen-bond donors (Lipinski definition) is 3. The van der Waals surface area contributed by atoms with Crippen LogP contribution in [0.2, 0.25) is 0 Å². The van der Waals surface area contributed by atoms with Crippen LogP contribution in [0, 0.1) is 0 Å². The van der Waals surface area contributed by atoms with E-state index in [0.717, 1.165) is 0 Å². The lowest BCUT2D eigenvalue weighted by Gasteiger charge is -2.06. The molecule has 90 valence electrons. The van der Waals surface area contributed by atoms with Crippen molar-refractivity contribution in [1.82, 2.24) is 5.32 Å². The Morgan fingerprint density at radius 3 is 2.82 bits per heavy atom. The van der Waals surface area contributed by atoms with E-state index in [1.807, 2.05) is 0 Å². The number of carbonyl (C=O) groups excluding carboxylic acids is 2. The second-order valence-electron chi connectivity index (χ2n) is 3.41. The average Bonchev–Trinajstić information content (AvgIpc) is 2.29. The molecule has 2 amide bonds.